The van der Waals surface area contributed by atoms with Gasteiger partial charge in [0.1, 0.15) is 11.6 Å². The van der Waals surface area contributed by atoms with Crippen LogP contribution in [0.15, 0.2) is 63.7 Å². The highest BCUT2D eigenvalue weighted by molar-refractivity contribution is 6.23. The first-order chi connectivity index (χ1) is 16.0. The van der Waals surface area contributed by atoms with Gasteiger partial charge >= 0.3 is 5.69 Å². The zero-order valence-electron chi connectivity index (χ0n) is 18.3. The van der Waals surface area contributed by atoms with Crippen molar-refractivity contribution >= 4 is 17.3 Å². The van der Waals surface area contributed by atoms with E-state index < -0.39 is 17.2 Å². The van der Waals surface area contributed by atoms with Crippen LogP contribution in [-0.4, -0.2) is 36.2 Å². The van der Waals surface area contributed by atoms with E-state index in [0.29, 0.717) is 53.5 Å². The van der Waals surface area contributed by atoms with Gasteiger partial charge in [0.25, 0.3) is 5.56 Å². The van der Waals surface area contributed by atoms with E-state index in [9.17, 15) is 14.4 Å². The Kier molecular flexibility index (Phi) is 5.22. The van der Waals surface area contributed by atoms with Crippen molar-refractivity contribution in [3.05, 3.63) is 97.2 Å². The van der Waals surface area contributed by atoms with Crippen LogP contribution in [0.3, 0.4) is 0 Å². The van der Waals surface area contributed by atoms with E-state index in [0.717, 1.165) is 11.1 Å². The maximum atomic E-state index is 13.5. The number of H-pyrrole nitrogens is 1. The van der Waals surface area contributed by atoms with Gasteiger partial charge in [0.15, 0.2) is 5.78 Å². The number of methoxy groups -OCH3 is 2. The van der Waals surface area contributed by atoms with Crippen molar-refractivity contribution in [2.24, 2.45) is 0 Å². The second-order valence-electron chi connectivity index (χ2n) is 8.02. The standard InChI is InChI=1S/C25H23N3O5/c1-32-12-6-11-28-23-20(24(30)27-25(28)31)18(14-7-5-8-15(13-14)33-2)19-21(26-23)16-9-3-4-10-17(16)22(19)29/h3-5,7-10,13,18,26H,6,11-12H2,1-2H3,(H,27,30,31)/t18-/m0/s1. The zero-order valence-corrected chi connectivity index (χ0v) is 18.3. The van der Waals surface area contributed by atoms with Crippen molar-refractivity contribution in [1.82, 2.24) is 9.55 Å². The Labute approximate surface area is 189 Å². The van der Waals surface area contributed by atoms with Crippen LogP contribution in [0, 0.1) is 0 Å². The third-order valence-corrected chi connectivity index (χ3v) is 6.17. The van der Waals surface area contributed by atoms with Gasteiger partial charge in [-0.1, -0.05) is 36.4 Å². The molecule has 1 aromatic heterocycles. The molecule has 0 radical (unpaired) electrons. The van der Waals surface area contributed by atoms with Crippen LogP contribution < -0.4 is 21.3 Å². The molecule has 3 aromatic rings. The summed E-state index contributed by atoms with van der Waals surface area (Å²) < 4.78 is 12.1. The predicted molar refractivity (Wildman–Crippen MR) is 124 cm³/mol. The second kappa shape index (κ2) is 8.22. The number of ketones is 1. The number of aromatic nitrogens is 2. The van der Waals surface area contributed by atoms with Crippen LogP contribution in [-0.2, 0) is 11.3 Å². The number of hydrogen-bond donors (Lipinski definition) is 2. The minimum Gasteiger partial charge on any atom is -0.497 e. The monoisotopic (exact) mass is 445 g/mol. The van der Waals surface area contributed by atoms with E-state index in [1.165, 1.54) is 4.57 Å². The molecular weight excluding hydrogens is 422 g/mol. The third-order valence-electron chi connectivity index (χ3n) is 6.17. The maximum absolute atomic E-state index is 13.5. The smallest absolute Gasteiger partial charge is 0.329 e. The van der Waals surface area contributed by atoms with Gasteiger partial charge in [-0.3, -0.25) is 19.1 Å². The summed E-state index contributed by atoms with van der Waals surface area (Å²) in [6, 6.07) is 14.6. The van der Waals surface area contributed by atoms with Gasteiger partial charge in [-0.25, -0.2) is 4.79 Å². The van der Waals surface area contributed by atoms with Gasteiger partial charge in [0.2, 0.25) is 0 Å². The number of nitrogens with one attached hydrogen (secondary N) is 2. The van der Waals surface area contributed by atoms with E-state index in [4.69, 9.17) is 9.47 Å². The highest BCUT2D eigenvalue weighted by Crippen LogP contribution is 2.48. The quantitative estimate of drug-likeness (QED) is 0.566. The van der Waals surface area contributed by atoms with Gasteiger partial charge in [0, 0.05) is 42.9 Å². The molecule has 2 N–H and O–H groups in total. The Morgan fingerprint density at radius 2 is 1.79 bits per heavy atom. The fourth-order valence-electron chi connectivity index (χ4n) is 4.70. The third kappa shape index (κ3) is 3.30. The molecule has 8 heteroatoms. The van der Waals surface area contributed by atoms with Gasteiger partial charge in [-0.15, -0.1) is 0 Å². The molecule has 0 bridgehead atoms. The molecule has 168 valence electrons. The SMILES string of the molecule is COCCCn1c2c(c(=O)[nH]c1=O)[C@@H](c1cccc(OC)c1)C1=C(N2)c2ccccc2C1=O. The Morgan fingerprint density at radius 1 is 1.00 bits per heavy atom. The maximum Gasteiger partial charge on any atom is 0.329 e. The zero-order chi connectivity index (χ0) is 23.1. The summed E-state index contributed by atoms with van der Waals surface area (Å²) in [6.45, 7) is 0.816. The lowest BCUT2D eigenvalue weighted by atomic mass is 9.81. The number of nitrogens with zero attached hydrogens (tertiary/aromatic N) is 1. The molecule has 0 saturated heterocycles. The molecule has 2 aliphatic rings. The number of fused-ring (bicyclic) bond motifs is 3. The van der Waals surface area contributed by atoms with Crippen molar-refractivity contribution < 1.29 is 14.3 Å². The summed E-state index contributed by atoms with van der Waals surface area (Å²) in [7, 11) is 3.16. The van der Waals surface area contributed by atoms with Gasteiger partial charge < -0.3 is 14.8 Å². The largest absolute Gasteiger partial charge is 0.497 e. The lowest BCUT2D eigenvalue weighted by Gasteiger charge is -2.30. The number of Topliss-reactive ketones (excluding diaryl/α,β-unsaturated/α-hetero) is 1. The predicted octanol–water partition coefficient (Wildman–Crippen LogP) is 2.75. The Bertz CT molecular complexity index is 1420. The average molecular weight is 445 g/mol. The molecule has 5 rings (SSSR count). The van der Waals surface area contributed by atoms with Crippen molar-refractivity contribution in [3.63, 3.8) is 0 Å². The summed E-state index contributed by atoms with van der Waals surface area (Å²) in [6.07, 6.45) is 0.585. The number of allylic oxidation sites excluding steroid dienone is 1. The van der Waals surface area contributed by atoms with Crippen molar-refractivity contribution in [3.8, 4) is 5.75 Å². The van der Waals surface area contributed by atoms with Crippen molar-refractivity contribution in [2.45, 2.75) is 18.9 Å². The molecular formula is C25H23N3O5. The molecule has 0 fully saturated rings. The molecule has 33 heavy (non-hydrogen) atoms. The number of carbonyl (C=O) groups is 1. The fraction of sp³-hybridized carbons (Fsp3) is 0.240. The number of aromatic amines is 1. The van der Waals surface area contributed by atoms with E-state index in [1.54, 1.807) is 20.3 Å². The van der Waals surface area contributed by atoms with E-state index in [2.05, 4.69) is 10.3 Å². The topological polar surface area (TPSA) is 102 Å². The Hall–Kier alpha value is -3.91. The summed E-state index contributed by atoms with van der Waals surface area (Å²) in [5, 5.41) is 3.28. The fourth-order valence-corrected chi connectivity index (χ4v) is 4.70. The Balaban J connectivity index is 1.79. The number of anilines is 1. The summed E-state index contributed by atoms with van der Waals surface area (Å²) in [5.74, 6) is 0.214. The first-order valence-electron chi connectivity index (χ1n) is 10.7. The normalized spacial score (nSPS) is 16.2. The average Bonchev–Trinajstić information content (AvgIpc) is 3.12. The van der Waals surface area contributed by atoms with Crippen LogP contribution in [0.1, 0.15) is 39.4 Å². The summed E-state index contributed by atoms with van der Waals surface area (Å²) in [4.78, 5) is 41.9. The summed E-state index contributed by atoms with van der Waals surface area (Å²) in [5.41, 5.74) is 2.49. The van der Waals surface area contributed by atoms with Gasteiger partial charge in [-0.05, 0) is 24.1 Å². The second-order valence-corrected chi connectivity index (χ2v) is 8.02. The number of ether oxygens (including phenoxy) is 2. The molecule has 1 aliphatic heterocycles. The van der Waals surface area contributed by atoms with Crippen LogP contribution in [0.5, 0.6) is 5.75 Å². The molecule has 2 heterocycles. The van der Waals surface area contributed by atoms with Crippen molar-refractivity contribution in [2.75, 3.05) is 26.1 Å². The Morgan fingerprint density at radius 3 is 2.55 bits per heavy atom. The molecule has 0 saturated carbocycles. The minimum atomic E-state index is -0.663. The molecule has 1 atom stereocenters. The highest BCUT2D eigenvalue weighted by Gasteiger charge is 2.42. The number of carbonyl (C=O) groups excluding carboxylic acids is 1. The van der Waals surface area contributed by atoms with Gasteiger partial charge in [0.05, 0.1) is 18.4 Å². The summed E-state index contributed by atoms with van der Waals surface area (Å²) >= 11 is 0. The van der Waals surface area contributed by atoms with Crippen molar-refractivity contribution in [1.29, 1.82) is 0 Å². The molecule has 2 aromatic carbocycles. The number of rotatable bonds is 6. The van der Waals surface area contributed by atoms with Crippen LogP contribution in [0.25, 0.3) is 5.70 Å². The molecule has 8 nitrogen and oxygen atoms in total. The van der Waals surface area contributed by atoms with E-state index in [-0.39, 0.29) is 5.78 Å². The minimum absolute atomic E-state index is 0.136. The first-order valence-corrected chi connectivity index (χ1v) is 10.7. The van der Waals surface area contributed by atoms with Crippen LogP contribution in [0.4, 0.5) is 5.82 Å². The van der Waals surface area contributed by atoms with Crippen LogP contribution >= 0.6 is 0 Å². The lowest BCUT2D eigenvalue weighted by Crippen LogP contribution is -2.38. The molecule has 1 aliphatic carbocycles. The molecule has 0 unspecified atom stereocenters. The number of hydrogen-bond acceptors (Lipinski definition) is 6. The van der Waals surface area contributed by atoms with E-state index >= 15 is 0 Å². The van der Waals surface area contributed by atoms with Gasteiger partial charge in [-0.2, -0.15) is 0 Å². The first kappa shape index (κ1) is 21.0. The lowest BCUT2D eigenvalue weighted by molar-refractivity contribution is 0.103. The molecule has 0 spiro atoms. The molecule has 0 amide bonds. The number of benzene rings is 2. The van der Waals surface area contributed by atoms with E-state index in [1.807, 2.05) is 42.5 Å². The van der Waals surface area contributed by atoms with Crippen LogP contribution in [0.2, 0.25) is 0 Å². The highest BCUT2D eigenvalue weighted by atomic mass is 16.5.